The van der Waals surface area contributed by atoms with Gasteiger partial charge in [0, 0.05) is 12.4 Å². The quantitative estimate of drug-likeness (QED) is 0.900. The highest BCUT2D eigenvalue weighted by molar-refractivity contribution is 7.91. The first-order valence-electron chi connectivity index (χ1n) is 6.14. The van der Waals surface area contributed by atoms with Gasteiger partial charge in [0.1, 0.15) is 16.3 Å². The summed E-state index contributed by atoms with van der Waals surface area (Å²) in [6, 6.07) is 0. The number of hydrogen-bond acceptors (Lipinski definition) is 6. The summed E-state index contributed by atoms with van der Waals surface area (Å²) in [5.74, 6) is 0.303. The van der Waals surface area contributed by atoms with E-state index in [1.807, 2.05) is 0 Å². The highest BCUT2D eigenvalue weighted by Gasteiger charge is 2.16. The lowest BCUT2D eigenvalue weighted by Crippen LogP contribution is -2.32. The fourth-order valence-corrected chi connectivity index (χ4v) is 1.99. The maximum absolute atomic E-state index is 11.6. The molecule has 0 fully saturated rings. The van der Waals surface area contributed by atoms with E-state index in [4.69, 9.17) is 4.74 Å². The van der Waals surface area contributed by atoms with Crippen LogP contribution in [0, 0.1) is 0 Å². The number of aromatic nitrogens is 2. The minimum absolute atomic E-state index is 0.00807. The van der Waals surface area contributed by atoms with Gasteiger partial charge in [0.05, 0.1) is 12.3 Å². The van der Waals surface area contributed by atoms with Crippen LogP contribution in [0.1, 0.15) is 33.5 Å². The van der Waals surface area contributed by atoms with Crippen molar-refractivity contribution in [3.8, 4) is 0 Å². The normalized spacial score (nSPS) is 12.0. The van der Waals surface area contributed by atoms with Gasteiger partial charge in [0.2, 0.25) is 0 Å². The first-order valence-corrected chi connectivity index (χ1v) is 7.80. The molecule has 1 rings (SSSR count). The number of carbonyl (C=O) groups excluding carboxylic acids is 1. The van der Waals surface area contributed by atoms with Gasteiger partial charge in [-0.05, 0) is 20.8 Å². The molecule has 0 radical (unpaired) electrons. The molecule has 0 saturated carbocycles. The van der Waals surface area contributed by atoms with Crippen LogP contribution in [0.5, 0.6) is 0 Å². The summed E-state index contributed by atoms with van der Waals surface area (Å²) in [5, 5.41) is 2.49. The molecule has 20 heavy (non-hydrogen) atoms. The predicted octanol–water partition coefficient (Wildman–Crippen LogP) is 1.29. The lowest BCUT2D eigenvalue weighted by molar-refractivity contribution is 0.0522. The zero-order valence-electron chi connectivity index (χ0n) is 12.0. The molecule has 0 aliphatic carbocycles. The van der Waals surface area contributed by atoms with Gasteiger partial charge in [0.15, 0.2) is 9.84 Å². The van der Waals surface area contributed by atoms with Gasteiger partial charge in [-0.3, -0.25) is 0 Å². The molecule has 0 bridgehead atoms. The number of rotatable bonds is 4. The largest absolute Gasteiger partial charge is 0.444 e. The molecule has 0 aliphatic rings. The fraction of sp³-hybridized carbons (Fsp3) is 0.583. The highest BCUT2D eigenvalue weighted by atomic mass is 32.2. The van der Waals surface area contributed by atoms with Crippen LogP contribution in [-0.4, -0.2) is 35.8 Å². The molecule has 0 atom stereocenters. The average molecular weight is 301 g/mol. The van der Waals surface area contributed by atoms with Crippen LogP contribution >= 0.6 is 0 Å². The van der Waals surface area contributed by atoms with Gasteiger partial charge >= 0.3 is 6.09 Å². The zero-order valence-corrected chi connectivity index (χ0v) is 12.8. The molecule has 1 N–H and O–H groups in total. The first kappa shape index (κ1) is 16.4. The summed E-state index contributed by atoms with van der Waals surface area (Å²) >= 11 is 0. The van der Waals surface area contributed by atoms with E-state index in [-0.39, 0.29) is 17.2 Å². The molecule has 1 heterocycles. The summed E-state index contributed by atoms with van der Waals surface area (Å²) < 4.78 is 28.2. The van der Waals surface area contributed by atoms with Crippen LogP contribution in [0.2, 0.25) is 0 Å². The minimum Gasteiger partial charge on any atom is -0.444 e. The van der Waals surface area contributed by atoms with E-state index in [0.717, 1.165) is 0 Å². The summed E-state index contributed by atoms with van der Waals surface area (Å²) in [4.78, 5) is 19.3. The Kier molecular flexibility index (Phi) is 5.04. The maximum atomic E-state index is 11.6. The van der Waals surface area contributed by atoms with Gasteiger partial charge in [-0.15, -0.1) is 0 Å². The Morgan fingerprint density at radius 1 is 1.30 bits per heavy atom. The molecule has 0 aromatic carbocycles. The van der Waals surface area contributed by atoms with Crippen molar-refractivity contribution in [1.82, 2.24) is 15.3 Å². The second kappa shape index (κ2) is 6.17. The van der Waals surface area contributed by atoms with Crippen LogP contribution in [0.25, 0.3) is 0 Å². The molecule has 0 saturated heterocycles. The van der Waals surface area contributed by atoms with Crippen LogP contribution < -0.4 is 5.32 Å². The molecule has 0 aliphatic heterocycles. The summed E-state index contributed by atoms with van der Waals surface area (Å²) in [5.41, 5.74) is -0.579. The average Bonchev–Trinajstić information content (AvgIpc) is 2.35. The number of alkyl carbamates (subject to hydrolysis) is 1. The molecule has 112 valence electrons. The Bertz CT molecular complexity index is 561. The second-order valence-electron chi connectivity index (χ2n) is 5.09. The maximum Gasteiger partial charge on any atom is 0.408 e. The molecule has 8 heteroatoms. The molecule has 1 aromatic heterocycles. The Morgan fingerprint density at radius 3 is 2.30 bits per heavy atom. The van der Waals surface area contributed by atoms with Crippen molar-refractivity contribution >= 4 is 15.9 Å². The number of hydrogen-bond donors (Lipinski definition) is 1. The summed E-state index contributed by atoms with van der Waals surface area (Å²) in [6.45, 7) is 6.89. The third kappa shape index (κ3) is 5.12. The van der Waals surface area contributed by atoms with Crippen LogP contribution in [0.15, 0.2) is 17.3 Å². The molecule has 0 spiro atoms. The number of amides is 1. The number of nitrogens with one attached hydrogen (secondary N) is 1. The van der Waals surface area contributed by atoms with Crippen molar-refractivity contribution in [2.24, 2.45) is 0 Å². The van der Waals surface area contributed by atoms with Crippen LogP contribution in [0.3, 0.4) is 0 Å². The van der Waals surface area contributed by atoms with Crippen molar-refractivity contribution < 1.29 is 17.9 Å². The van der Waals surface area contributed by atoms with E-state index in [1.165, 1.54) is 12.4 Å². The standard InChI is InChI=1S/C12H19N3O4S/c1-5-20(17,18)9-6-13-10(14-7-9)8-15-11(16)19-12(2,3)4/h6-7H,5,8H2,1-4H3,(H,15,16). The van der Waals surface area contributed by atoms with Crippen molar-refractivity contribution in [1.29, 1.82) is 0 Å². The van der Waals surface area contributed by atoms with Gasteiger partial charge in [-0.2, -0.15) is 0 Å². The van der Waals surface area contributed by atoms with Crippen molar-refractivity contribution in [3.05, 3.63) is 18.2 Å². The first-order chi connectivity index (χ1) is 9.14. The van der Waals surface area contributed by atoms with Gasteiger partial charge < -0.3 is 10.1 Å². The van der Waals surface area contributed by atoms with E-state index in [9.17, 15) is 13.2 Å². The van der Waals surface area contributed by atoms with Gasteiger partial charge in [-0.25, -0.2) is 23.2 Å². The third-order valence-electron chi connectivity index (χ3n) is 2.21. The van der Waals surface area contributed by atoms with E-state index in [2.05, 4.69) is 15.3 Å². The molecule has 1 amide bonds. The van der Waals surface area contributed by atoms with Gasteiger partial charge in [-0.1, -0.05) is 6.92 Å². The number of ether oxygens (including phenoxy) is 1. The van der Waals surface area contributed by atoms with E-state index in [0.29, 0.717) is 5.82 Å². The SMILES string of the molecule is CCS(=O)(=O)c1cnc(CNC(=O)OC(C)(C)C)nc1. The number of sulfone groups is 1. The minimum atomic E-state index is -3.31. The molecule has 1 aromatic rings. The Hall–Kier alpha value is -1.70. The van der Waals surface area contributed by atoms with Crippen LogP contribution in [-0.2, 0) is 21.1 Å². The number of carbonyl (C=O) groups is 1. The summed E-state index contributed by atoms with van der Waals surface area (Å²) in [7, 11) is -3.31. The van der Waals surface area contributed by atoms with Gasteiger partial charge in [0.25, 0.3) is 0 Å². The van der Waals surface area contributed by atoms with Crippen molar-refractivity contribution in [3.63, 3.8) is 0 Å². The Balaban J connectivity index is 2.61. The van der Waals surface area contributed by atoms with Crippen molar-refractivity contribution in [2.45, 2.75) is 44.7 Å². The van der Waals surface area contributed by atoms with E-state index < -0.39 is 21.5 Å². The highest BCUT2D eigenvalue weighted by Crippen LogP contribution is 2.08. The fourth-order valence-electron chi connectivity index (χ4n) is 1.23. The predicted molar refractivity (Wildman–Crippen MR) is 72.8 cm³/mol. The van der Waals surface area contributed by atoms with E-state index in [1.54, 1.807) is 27.7 Å². The molecule has 0 unspecified atom stereocenters. The second-order valence-corrected chi connectivity index (χ2v) is 7.37. The van der Waals surface area contributed by atoms with Crippen LogP contribution in [0.4, 0.5) is 4.79 Å². The topological polar surface area (TPSA) is 98.2 Å². The van der Waals surface area contributed by atoms with Crippen molar-refractivity contribution in [2.75, 3.05) is 5.75 Å². The number of nitrogens with zero attached hydrogens (tertiary/aromatic N) is 2. The third-order valence-corrected chi connectivity index (χ3v) is 3.90. The smallest absolute Gasteiger partial charge is 0.408 e. The molecule has 7 nitrogen and oxygen atoms in total. The molecular formula is C12H19N3O4S. The monoisotopic (exact) mass is 301 g/mol. The van der Waals surface area contributed by atoms with E-state index >= 15 is 0 Å². The molecular weight excluding hydrogens is 282 g/mol. The Labute approximate surface area is 118 Å². The Morgan fingerprint density at radius 2 is 1.85 bits per heavy atom. The lowest BCUT2D eigenvalue weighted by Gasteiger charge is -2.19. The zero-order chi connectivity index (χ0) is 15.4. The lowest BCUT2D eigenvalue weighted by atomic mass is 10.2. The summed E-state index contributed by atoms with van der Waals surface area (Å²) in [6.07, 6.45) is 1.89.